The van der Waals surface area contributed by atoms with Crippen LogP contribution in [0.1, 0.15) is 36.8 Å². The minimum Gasteiger partial charge on any atom is -0.352 e. The Hall–Kier alpha value is -3.14. The first-order valence-corrected chi connectivity index (χ1v) is 15.9. The van der Waals surface area contributed by atoms with Gasteiger partial charge in [0.15, 0.2) is 0 Å². The van der Waals surface area contributed by atoms with E-state index in [1.54, 1.807) is 12.1 Å². The summed E-state index contributed by atoms with van der Waals surface area (Å²) in [4.78, 5) is 29.2. The first kappa shape index (κ1) is 30.8. The highest BCUT2D eigenvalue weighted by atomic mass is 35.5. The minimum absolute atomic E-state index is 0.0113. The van der Waals surface area contributed by atoms with Crippen molar-refractivity contribution in [2.45, 2.75) is 50.7 Å². The number of amides is 2. The summed E-state index contributed by atoms with van der Waals surface area (Å²) in [5.41, 5.74) is 1.07. The molecule has 7 nitrogen and oxygen atoms in total. The van der Waals surface area contributed by atoms with E-state index < -0.39 is 34.3 Å². The predicted octanol–water partition coefficient (Wildman–Crippen LogP) is 5.60. The second kappa shape index (κ2) is 13.7. The van der Waals surface area contributed by atoms with E-state index in [0.29, 0.717) is 15.6 Å². The highest BCUT2D eigenvalue weighted by Crippen LogP contribution is 2.26. The van der Waals surface area contributed by atoms with Crippen LogP contribution in [-0.4, -0.2) is 50.0 Å². The number of hydrogen-bond donors (Lipinski definition) is 1. The van der Waals surface area contributed by atoms with E-state index in [1.165, 1.54) is 29.2 Å². The summed E-state index contributed by atoms with van der Waals surface area (Å²) in [6.07, 6.45) is 4.77. The highest BCUT2D eigenvalue weighted by molar-refractivity contribution is 7.92. The van der Waals surface area contributed by atoms with Crippen LogP contribution in [0.5, 0.6) is 0 Å². The second-order valence-corrected chi connectivity index (χ2v) is 12.9. The molecule has 0 spiro atoms. The second-order valence-electron chi connectivity index (χ2n) is 10.2. The number of anilines is 1. The van der Waals surface area contributed by atoms with Crippen molar-refractivity contribution in [2.24, 2.45) is 0 Å². The Labute approximate surface area is 250 Å². The number of sulfonamides is 1. The van der Waals surface area contributed by atoms with Gasteiger partial charge < -0.3 is 10.2 Å². The fourth-order valence-corrected chi connectivity index (χ4v) is 6.32. The Kier molecular flexibility index (Phi) is 10.3. The maximum absolute atomic E-state index is 14.7. The molecular weight excluding hydrogens is 588 g/mol. The number of rotatable bonds is 11. The van der Waals surface area contributed by atoms with Crippen molar-refractivity contribution in [1.82, 2.24) is 10.2 Å². The van der Waals surface area contributed by atoms with Gasteiger partial charge in [-0.3, -0.25) is 13.9 Å². The van der Waals surface area contributed by atoms with E-state index >= 15 is 0 Å². The maximum atomic E-state index is 14.7. The molecule has 1 aliphatic carbocycles. The summed E-state index contributed by atoms with van der Waals surface area (Å²) < 4.78 is 41.0. The Morgan fingerprint density at radius 3 is 2.29 bits per heavy atom. The van der Waals surface area contributed by atoms with Gasteiger partial charge >= 0.3 is 0 Å². The molecule has 1 aliphatic rings. The SMILES string of the molecule is CS(=O)(=O)N(CC(=O)N(Cc1ccc(Cl)cc1Cl)[C@H](Cc1ccccc1)C(=O)NC1CCCC1)c1ccccc1F. The molecule has 0 heterocycles. The Balaban J connectivity index is 1.75. The van der Waals surface area contributed by atoms with Crippen LogP contribution in [0.15, 0.2) is 72.8 Å². The normalized spacial score (nSPS) is 14.4. The van der Waals surface area contributed by atoms with Crippen LogP contribution in [-0.2, 0) is 32.6 Å². The van der Waals surface area contributed by atoms with Crippen molar-refractivity contribution in [2.75, 3.05) is 17.1 Å². The van der Waals surface area contributed by atoms with Crippen LogP contribution < -0.4 is 9.62 Å². The van der Waals surface area contributed by atoms with Crippen LogP contribution >= 0.6 is 23.2 Å². The molecule has 41 heavy (non-hydrogen) atoms. The van der Waals surface area contributed by atoms with Crippen molar-refractivity contribution in [1.29, 1.82) is 0 Å². The number of hydrogen-bond acceptors (Lipinski definition) is 4. The van der Waals surface area contributed by atoms with Crippen LogP contribution in [0.25, 0.3) is 0 Å². The lowest BCUT2D eigenvalue weighted by atomic mass is 10.0. The zero-order valence-electron chi connectivity index (χ0n) is 22.6. The first-order chi connectivity index (χ1) is 19.5. The molecular formula is C30H32Cl2FN3O4S. The summed E-state index contributed by atoms with van der Waals surface area (Å²) in [5, 5.41) is 3.78. The third-order valence-corrected chi connectivity index (χ3v) is 8.84. The van der Waals surface area contributed by atoms with Crippen LogP contribution in [0, 0.1) is 5.82 Å². The van der Waals surface area contributed by atoms with Gasteiger partial charge in [0.25, 0.3) is 0 Å². The molecule has 1 N–H and O–H groups in total. The monoisotopic (exact) mass is 619 g/mol. The van der Waals surface area contributed by atoms with Gasteiger partial charge in [0.2, 0.25) is 21.8 Å². The van der Waals surface area contributed by atoms with E-state index in [0.717, 1.165) is 47.9 Å². The smallest absolute Gasteiger partial charge is 0.244 e. The summed E-state index contributed by atoms with van der Waals surface area (Å²) in [6, 6.07) is 18.4. The number of nitrogens with zero attached hydrogens (tertiary/aromatic N) is 2. The van der Waals surface area contributed by atoms with E-state index in [2.05, 4.69) is 5.32 Å². The molecule has 0 radical (unpaired) electrons. The number of para-hydroxylation sites is 1. The van der Waals surface area contributed by atoms with Gasteiger partial charge in [-0.05, 0) is 48.2 Å². The molecule has 218 valence electrons. The van der Waals surface area contributed by atoms with Gasteiger partial charge in [0, 0.05) is 29.1 Å². The molecule has 0 aliphatic heterocycles. The Morgan fingerprint density at radius 1 is 1.00 bits per heavy atom. The predicted molar refractivity (Wildman–Crippen MR) is 160 cm³/mol. The lowest BCUT2D eigenvalue weighted by Crippen LogP contribution is -2.54. The number of nitrogens with one attached hydrogen (secondary N) is 1. The van der Waals surface area contributed by atoms with Crippen molar-refractivity contribution in [3.05, 3.63) is 99.8 Å². The molecule has 3 aromatic carbocycles. The molecule has 1 atom stereocenters. The summed E-state index contributed by atoms with van der Waals surface area (Å²) in [6.45, 7) is -0.813. The van der Waals surface area contributed by atoms with Crippen molar-refractivity contribution in [3.63, 3.8) is 0 Å². The molecule has 0 aromatic heterocycles. The fourth-order valence-electron chi connectivity index (χ4n) is 5.00. The third-order valence-electron chi connectivity index (χ3n) is 7.13. The van der Waals surface area contributed by atoms with E-state index in [1.807, 2.05) is 30.3 Å². The largest absolute Gasteiger partial charge is 0.352 e. The third kappa shape index (κ3) is 8.21. The maximum Gasteiger partial charge on any atom is 0.244 e. The van der Waals surface area contributed by atoms with Crippen LogP contribution in [0.4, 0.5) is 10.1 Å². The average molecular weight is 621 g/mol. The summed E-state index contributed by atoms with van der Waals surface area (Å²) in [5.74, 6) is -1.83. The lowest BCUT2D eigenvalue weighted by molar-refractivity contribution is -0.140. The molecule has 0 saturated heterocycles. The quantitative estimate of drug-likeness (QED) is 0.303. The molecule has 4 rings (SSSR count). The van der Waals surface area contributed by atoms with E-state index in [9.17, 15) is 22.4 Å². The molecule has 3 aromatic rings. The van der Waals surface area contributed by atoms with Gasteiger partial charge in [0.05, 0.1) is 11.9 Å². The van der Waals surface area contributed by atoms with E-state index in [-0.39, 0.29) is 30.6 Å². The highest BCUT2D eigenvalue weighted by Gasteiger charge is 2.35. The summed E-state index contributed by atoms with van der Waals surface area (Å²) >= 11 is 12.6. The topological polar surface area (TPSA) is 86.8 Å². The Morgan fingerprint density at radius 2 is 1.66 bits per heavy atom. The number of halogens is 3. The minimum atomic E-state index is -4.08. The van der Waals surface area contributed by atoms with Crippen molar-refractivity contribution >= 4 is 50.7 Å². The van der Waals surface area contributed by atoms with Crippen molar-refractivity contribution < 1.29 is 22.4 Å². The van der Waals surface area contributed by atoms with Gasteiger partial charge in [-0.2, -0.15) is 0 Å². The van der Waals surface area contributed by atoms with Gasteiger partial charge in [0.1, 0.15) is 18.4 Å². The molecule has 11 heteroatoms. The van der Waals surface area contributed by atoms with Gasteiger partial charge in [-0.25, -0.2) is 12.8 Å². The number of carbonyl (C=O) groups excluding carboxylic acids is 2. The molecule has 1 saturated carbocycles. The number of benzene rings is 3. The van der Waals surface area contributed by atoms with Crippen molar-refractivity contribution in [3.8, 4) is 0 Å². The van der Waals surface area contributed by atoms with Crippen LogP contribution in [0.3, 0.4) is 0 Å². The molecule has 1 fully saturated rings. The zero-order chi connectivity index (χ0) is 29.6. The average Bonchev–Trinajstić information content (AvgIpc) is 3.43. The van der Waals surface area contributed by atoms with Crippen LogP contribution in [0.2, 0.25) is 10.0 Å². The fraction of sp³-hybridized carbons (Fsp3) is 0.333. The Bertz CT molecular complexity index is 1480. The lowest BCUT2D eigenvalue weighted by Gasteiger charge is -2.34. The van der Waals surface area contributed by atoms with E-state index in [4.69, 9.17) is 23.2 Å². The standard InChI is InChI=1S/C30H32Cl2FN3O4S/c1-41(39,40)36(27-14-8-7-13-26(27)33)20-29(37)35(19-22-15-16-23(31)18-25(22)32)28(17-21-9-3-2-4-10-21)30(38)34-24-11-5-6-12-24/h2-4,7-10,13-16,18,24,28H,5-6,11-12,17,19-20H2,1H3,(H,34,38)/t28-/m1/s1. The molecule has 2 amide bonds. The molecule has 0 unspecified atom stereocenters. The van der Waals surface area contributed by atoms with Gasteiger partial charge in [-0.1, -0.05) is 84.6 Å². The van der Waals surface area contributed by atoms with Gasteiger partial charge in [-0.15, -0.1) is 0 Å². The zero-order valence-corrected chi connectivity index (χ0v) is 24.9. The summed E-state index contributed by atoms with van der Waals surface area (Å²) in [7, 11) is -4.08. The molecule has 0 bridgehead atoms. The number of carbonyl (C=O) groups is 2. The first-order valence-electron chi connectivity index (χ1n) is 13.3.